The van der Waals surface area contributed by atoms with E-state index in [2.05, 4.69) is 10.4 Å². The maximum atomic E-state index is 12.7. The predicted octanol–water partition coefficient (Wildman–Crippen LogP) is 1.96. The van der Waals surface area contributed by atoms with E-state index in [9.17, 15) is 14.7 Å². The third-order valence-corrected chi connectivity index (χ3v) is 5.18. The van der Waals surface area contributed by atoms with Crippen molar-refractivity contribution in [3.05, 3.63) is 39.3 Å². The third kappa shape index (κ3) is 3.28. The SMILES string of the molecule is C[C@]1(O)C[C@@H](NC(=O)Cn2nc(C3CC3)c3cc(Cl)ccc3c2=O)C1. The molecule has 1 heterocycles. The van der Waals surface area contributed by atoms with Crippen molar-refractivity contribution in [3.63, 3.8) is 0 Å². The average molecular weight is 362 g/mol. The molecule has 0 bridgehead atoms. The van der Waals surface area contributed by atoms with Gasteiger partial charge in [-0.15, -0.1) is 0 Å². The van der Waals surface area contributed by atoms with Crippen molar-refractivity contribution in [1.82, 2.24) is 15.1 Å². The van der Waals surface area contributed by atoms with Gasteiger partial charge >= 0.3 is 0 Å². The molecule has 25 heavy (non-hydrogen) atoms. The van der Waals surface area contributed by atoms with Crippen LogP contribution in [0.4, 0.5) is 0 Å². The Bertz CT molecular complexity index is 910. The van der Waals surface area contributed by atoms with Crippen LogP contribution in [-0.4, -0.2) is 32.4 Å². The monoisotopic (exact) mass is 361 g/mol. The fraction of sp³-hybridized carbons (Fsp3) is 0.500. The number of benzene rings is 1. The second-order valence-electron chi connectivity index (χ2n) is 7.48. The molecule has 2 N–H and O–H groups in total. The number of amides is 1. The van der Waals surface area contributed by atoms with E-state index >= 15 is 0 Å². The van der Waals surface area contributed by atoms with Gasteiger partial charge in [0.1, 0.15) is 6.54 Å². The minimum atomic E-state index is -0.700. The maximum Gasteiger partial charge on any atom is 0.275 e. The first kappa shape index (κ1) is 16.5. The number of carbonyl (C=O) groups is 1. The summed E-state index contributed by atoms with van der Waals surface area (Å²) in [7, 11) is 0. The maximum absolute atomic E-state index is 12.7. The smallest absolute Gasteiger partial charge is 0.275 e. The highest BCUT2D eigenvalue weighted by atomic mass is 35.5. The number of halogens is 1. The van der Waals surface area contributed by atoms with Crippen LogP contribution in [0.3, 0.4) is 0 Å². The number of aliphatic hydroxyl groups is 1. The molecule has 2 saturated carbocycles. The lowest BCUT2D eigenvalue weighted by molar-refractivity contribution is -0.125. The van der Waals surface area contributed by atoms with Gasteiger partial charge in [-0.05, 0) is 50.8 Å². The van der Waals surface area contributed by atoms with Crippen LogP contribution in [0.25, 0.3) is 10.8 Å². The second-order valence-corrected chi connectivity index (χ2v) is 7.92. The minimum absolute atomic E-state index is 0.0413. The van der Waals surface area contributed by atoms with Gasteiger partial charge in [0.25, 0.3) is 5.56 Å². The van der Waals surface area contributed by atoms with Gasteiger partial charge in [0.15, 0.2) is 0 Å². The molecule has 2 aromatic rings. The lowest BCUT2D eigenvalue weighted by Crippen LogP contribution is -2.54. The van der Waals surface area contributed by atoms with Crippen LogP contribution in [0, 0.1) is 0 Å². The summed E-state index contributed by atoms with van der Waals surface area (Å²) in [5.41, 5.74) is -0.141. The third-order valence-electron chi connectivity index (χ3n) is 4.95. The summed E-state index contributed by atoms with van der Waals surface area (Å²) < 4.78 is 1.25. The molecular weight excluding hydrogens is 342 g/mol. The zero-order chi connectivity index (χ0) is 17.8. The van der Waals surface area contributed by atoms with Crippen LogP contribution in [0.1, 0.15) is 44.2 Å². The number of nitrogens with one attached hydrogen (secondary N) is 1. The Hall–Kier alpha value is -1.92. The molecule has 6 nitrogen and oxygen atoms in total. The van der Waals surface area contributed by atoms with E-state index < -0.39 is 5.60 Å². The zero-order valence-electron chi connectivity index (χ0n) is 14.0. The Morgan fingerprint density at radius 3 is 2.76 bits per heavy atom. The quantitative estimate of drug-likeness (QED) is 0.871. The molecule has 2 fully saturated rings. The molecule has 1 aromatic heterocycles. The first-order chi connectivity index (χ1) is 11.8. The van der Waals surface area contributed by atoms with Crippen molar-refractivity contribution in [2.45, 2.75) is 56.7 Å². The molecule has 132 valence electrons. The summed E-state index contributed by atoms with van der Waals surface area (Å²) in [6, 6.07) is 5.12. The van der Waals surface area contributed by atoms with Gasteiger partial charge < -0.3 is 10.4 Å². The van der Waals surface area contributed by atoms with E-state index in [1.807, 2.05) is 0 Å². The van der Waals surface area contributed by atoms with Crippen molar-refractivity contribution >= 4 is 28.3 Å². The van der Waals surface area contributed by atoms with Crippen molar-refractivity contribution in [2.24, 2.45) is 0 Å². The van der Waals surface area contributed by atoms with Crippen LogP contribution >= 0.6 is 11.6 Å². The summed E-state index contributed by atoms with van der Waals surface area (Å²) in [6.45, 7) is 1.63. The summed E-state index contributed by atoms with van der Waals surface area (Å²) in [4.78, 5) is 24.9. The standard InChI is InChI=1S/C18H20ClN3O3/c1-18(25)7-12(8-18)20-15(23)9-22-17(24)13-5-4-11(19)6-14(13)16(21-22)10-2-3-10/h4-6,10,12,25H,2-3,7-9H2,1H3,(H,20,23)/t12-,18+. The first-order valence-electron chi connectivity index (χ1n) is 8.54. The lowest BCUT2D eigenvalue weighted by atomic mass is 9.77. The van der Waals surface area contributed by atoms with Gasteiger partial charge in [0.05, 0.1) is 16.7 Å². The van der Waals surface area contributed by atoms with Crippen LogP contribution in [0.15, 0.2) is 23.0 Å². The summed E-state index contributed by atoms with van der Waals surface area (Å²) in [5.74, 6) is 0.0720. The molecule has 2 aliphatic carbocycles. The van der Waals surface area contributed by atoms with E-state index in [1.165, 1.54) is 4.68 Å². The molecule has 0 atom stereocenters. The Balaban J connectivity index is 1.61. The van der Waals surface area contributed by atoms with Crippen molar-refractivity contribution in [3.8, 4) is 0 Å². The number of fused-ring (bicyclic) bond motifs is 1. The first-order valence-corrected chi connectivity index (χ1v) is 8.92. The fourth-order valence-corrected chi connectivity index (χ4v) is 3.73. The highest BCUT2D eigenvalue weighted by Gasteiger charge is 2.39. The number of nitrogens with zero attached hydrogens (tertiary/aromatic N) is 2. The molecule has 0 saturated heterocycles. The number of hydrogen-bond donors (Lipinski definition) is 2. The van der Waals surface area contributed by atoms with E-state index in [4.69, 9.17) is 11.6 Å². The van der Waals surface area contributed by atoms with Crippen LogP contribution < -0.4 is 10.9 Å². The molecule has 0 spiro atoms. The van der Waals surface area contributed by atoms with E-state index in [0.29, 0.717) is 29.2 Å². The van der Waals surface area contributed by atoms with E-state index in [1.54, 1.807) is 25.1 Å². The van der Waals surface area contributed by atoms with Gasteiger partial charge in [0, 0.05) is 22.4 Å². The largest absolute Gasteiger partial charge is 0.390 e. The molecule has 4 rings (SSSR count). The van der Waals surface area contributed by atoms with Crippen LogP contribution in [-0.2, 0) is 11.3 Å². The minimum Gasteiger partial charge on any atom is -0.390 e. The molecular formula is C18H20ClN3O3. The molecule has 2 aliphatic rings. The van der Waals surface area contributed by atoms with Crippen molar-refractivity contribution in [1.29, 1.82) is 0 Å². The zero-order valence-corrected chi connectivity index (χ0v) is 14.7. The van der Waals surface area contributed by atoms with E-state index in [0.717, 1.165) is 23.9 Å². The Labute approximate surface area is 149 Å². The molecule has 0 aliphatic heterocycles. The Kier molecular flexibility index (Phi) is 3.85. The van der Waals surface area contributed by atoms with Gasteiger partial charge in [-0.25, -0.2) is 4.68 Å². The van der Waals surface area contributed by atoms with Gasteiger partial charge in [-0.2, -0.15) is 5.10 Å². The fourth-order valence-electron chi connectivity index (χ4n) is 3.56. The topological polar surface area (TPSA) is 84.2 Å². The molecule has 0 radical (unpaired) electrons. The summed E-state index contributed by atoms with van der Waals surface area (Å²) >= 11 is 6.07. The predicted molar refractivity (Wildman–Crippen MR) is 94.8 cm³/mol. The lowest BCUT2D eigenvalue weighted by Gasteiger charge is -2.41. The number of aromatic nitrogens is 2. The molecule has 0 unspecified atom stereocenters. The second kappa shape index (κ2) is 5.81. The summed E-state index contributed by atoms with van der Waals surface area (Å²) in [6.07, 6.45) is 3.14. The Morgan fingerprint density at radius 1 is 1.40 bits per heavy atom. The number of rotatable bonds is 4. The van der Waals surface area contributed by atoms with Crippen molar-refractivity contribution in [2.75, 3.05) is 0 Å². The molecule has 7 heteroatoms. The van der Waals surface area contributed by atoms with Crippen LogP contribution in [0.5, 0.6) is 0 Å². The Morgan fingerprint density at radius 2 is 2.12 bits per heavy atom. The normalized spacial score (nSPS) is 25.6. The highest BCUT2D eigenvalue weighted by Crippen LogP contribution is 2.41. The number of hydrogen-bond acceptors (Lipinski definition) is 4. The highest BCUT2D eigenvalue weighted by molar-refractivity contribution is 6.31. The molecule has 1 aromatic carbocycles. The molecule has 1 amide bonds. The van der Waals surface area contributed by atoms with Gasteiger partial charge in [-0.3, -0.25) is 9.59 Å². The van der Waals surface area contributed by atoms with E-state index in [-0.39, 0.29) is 24.1 Å². The van der Waals surface area contributed by atoms with Gasteiger partial charge in [-0.1, -0.05) is 11.6 Å². The van der Waals surface area contributed by atoms with Gasteiger partial charge in [0.2, 0.25) is 5.91 Å². The number of carbonyl (C=O) groups excluding carboxylic acids is 1. The van der Waals surface area contributed by atoms with Crippen LogP contribution in [0.2, 0.25) is 5.02 Å². The van der Waals surface area contributed by atoms with Crippen molar-refractivity contribution < 1.29 is 9.90 Å². The average Bonchev–Trinajstić information content (AvgIpc) is 3.32. The summed E-state index contributed by atoms with van der Waals surface area (Å²) in [5, 5.41) is 19.0.